The Hall–Kier alpha value is -2.70. The van der Waals surface area contributed by atoms with E-state index in [4.69, 9.17) is 15.2 Å². The fourth-order valence-corrected chi connectivity index (χ4v) is 2.34. The summed E-state index contributed by atoms with van der Waals surface area (Å²) in [6.07, 6.45) is 3.29. The van der Waals surface area contributed by atoms with E-state index >= 15 is 0 Å². The number of nitrogens with two attached hydrogens (primary N) is 1. The van der Waals surface area contributed by atoms with Crippen LogP contribution in [0, 0.1) is 0 Å². The van der Waals surface area contributed by atoms with Crippen LogP contribution in [-0.4, -0.2) is 34.1 Å². The van der Waals surface area contributed by atoms with E-state index in [0.29, 0.717) is 18.8 Å². The van der Waals surface area contributed by atoms with Crippen LogP contribution in [0.5, 0.6) is 5.75 Å². The largest absolute Gasteiger partial charge is 0.491 e. The van der Waals surface area contributed by atoms with Crippen LogP contribution < -0.4 is 15.8 Å². The van der Waals surface area contributed by atoms with E-state index in [-0.39, 0.29) is 6.10 Å². The van der Waals surface area contributed by atoms with Crippen molar-refractivity contribution in [3.63, 3.8) is 0 Å². The predicted molar refractivity (Wildman–Crippen MR) is 102 cm³/mol. The summed E-state index contributed by atoms with van der Waals surface area (Å²) in [5.41, 5.74) is 8.01. The maximum Gasteiger partial charge on any atom is 0.407 e. The molecule has 7 nitrogen and oxygen atoms in total. The van der Waals surface area contributed by atoms with Gasteiger partial charge in [-0.2, -0.15) is 5.10 Å². The molecule has 0 atom stereocenters. The van der Waals surface area contributed by atoms with Crippen LogP contribution in [0.15, 0.2) is 30.6 Å². The number of nitrogen functional groups attached to an aromatic ring is 1. The SMILES string of the molecule is CC(C)Oc1ccc(N)c(-c2cnn(CCNC(=O)OC(C)(C)C)c2)c1. The van der Waals surface area contributed by atoms with Crippen LogP contribution in [-0.2, 0) is 11.3 Å². The molecule has 2 rings (SSSR count). The van der Waals surface area contributed by atoms with Crippen LogP contribution in [0.4, 0.5) is 10.5 Å². The molecule has 2 aromatic rings. The average Bonchev–Trinajstić information content (AvgIpc) is 2.95. The van der Waals surface area contributed by atoms with Gasteiger partial charge in [-0.25, -0.2) is 4.79 Å². The Labute approximate surface area is 154 Å². The van der Waals surface area contributed by atoms with E-state index in [1.807, 2.05) is 59.0 Å². The maximum absolute atomic E-state index is 11.7. The second-order valence-electron chi connectivity index (χ2n) is 7.34. The number of anilines is 1. The van der Waals surface area contributed by atoms with E-state index in [1.54, 1.807) is 10.9 Å². The maximum atomic E-state index is 11.7. The van der Waals surface area contributed by atoms with Gasteiger partial charge in [0.05, 0.1) is 18.8 Å². The normalized spacial score (nSPS) is 11.5. The fourth-order valence-electron chi connectivity index (χ4n) is 2.34. The Kier molecular flexibility index (Phi) is 6.13. The van der Waals surface area contributed by atoms with Gasteiger partial charge in [-0.3, -0.25) is 4.68 Å². The fraction of sp³-hybridized carbons (Fsp3) is 0.474. The Morgan fingerprint density at radius 2 is 2.08 bits per heavy atom. The van der Waals surface area contributed by atoms with Crippen molar-refractivity contribution in [3.05, 3.63) is 30.6 Å². The molecule has 1 aromatic heterocycles. The van der Waals surface area contributed by atoms with Gasteiger partial charge in [-0.15, -0.1) is 0 Å². The first-order valence-corrected chi connectivity index (χ1v) is 8.70. The van der Waals surface area contributed by atoms with Gasteiger partial charge in [0, 0.05) is 29.6 Å². The average molecular weight is 360 g/mol. The molecule has 0 aliphatic carbocycles. The van der Waals surface area contributed by atoms with Gasteiger partial charge in [0.2, 0.25) is 0 Å². The number of carbonyl (C=O) groups is 1. The number of hydrogen-bond acceptors (Lipinski definition) is 5. The molecule has 0 spiro atoms. The first-order valence-electron chi connectivity index (χ1n) is 8.70. The topological polar surface area (TPSA) is 91.4 Å². The number of benzene rings is 1. The Bertz CT molecular complexity index is 747. The highest BCUT2D eigenvalue weighted by Gasteiger charge is 2.15. The molecule has 142 valence electrons. The molecule has 0 saturated heterocycles. The number of alkyl carbamates (subject to hydrolysis) is 1. The van der Waals surface area contributed by atoms with Crippen molar-refractivity contribution < 1.29 is 14.3 Å². The third kappa shape index (κ3) is 5.98. The van der Waals surface area contributed by atoms with Crippen LogP contribution in [0.1, 0.15) is 34.6 Å². The number of ether oxygens (including phenoxy) is 2. The Morgan fingerprint density at radius 1 is 1.35 bits per heavy atom. The zero-order valence-corrected chi connectivity index (χ0v) is 16.1. The number of rotatable bonds is 6. The molecule has 0 unspecified atom stereocenters. The van der Waals surface area contributed by atoms with Gasteiger partial charge in [-0.05, 0) is 52.8 Å². The lowest BCUT2D eigenvalue weighted by Gasteiger charge is -2.19. The molecule has 1 amide bonds. The van der Waals surface area contributed by atoms with Gasteiger partial charge in [0.15, 0.2) is 0 Å². The van der Waals surface area contributed by atoms with E-state index in [9.17, 15) is 4.79 Å². The first-order chi connectivity index (χ1) is 12.1. The molecular weight excluding hydrogens is 332 g/mol. The van der Waals surface area contributed by atoms with E-state index in [0.717, 1.165) is 16.9 Å². The Morgan fingerprint density at radius 3 is 2.73 bits per heavy atom. The lowest BCUT2D eigenvalue weighted by molar-refractivity contribution is 0.0525. The van der Waals surface area contributed by atoms with Crippen molar-refractivity contribution in [2.24, 2.45) is 0 Å². The van der Waals surface area contributed by atoms with Crippen molar-refractivity contribution >= 4 is 11.8 Å². The summed E-state index contributed by atoms with van der Waals surface area (Å²) in [7, 11) is 0. The molecule has 0 radical (unpaired) electrons. The highest BCUT2D eigenvalue weighted by molar-refractivity contribution is 5.76. The quantitative estimate of drug-likeness (QED) is 0.770. The van der Waals surface area contributed by atoms with E-state index < -0.39 is 11.7 Å². The smallest absolute Gasteiger partial charge is 0.407 e. The number of amides is 1. The van der Waals surface area contributed by atoms with Crippen molar-refractivity contribution in [2.45, 2.75) is 52.9 Å². The van der Waals surface area contributed by atoms with E-state index in [2.05, 4.69) is 10.4 Å². The molecule has 0 aliphatic heterocycles. The lowest BCUT2D eigenvalue weighted by Crippen LogP contribution is -2.34. The molecule has 0 fully saturated rings. The lowest BCUT2D eigenvalue weighted by atomic mass is 10.1. The zero-order valence-electron chi connectivity index (χ0n) is 16.1. The van der Waals surface area contributed by atoms with Gasteiger partial charge in [-0.1, -0.05) is 0 Å². The van der Waals surface area contributed by atoms with Crippen molar-refractivity contribution in [1.82, 2.24) is 15.1 Å². The van der Waals surface area contributed by atoms with Crippen molar-refractivity contribution in [1.29, 1.82) is 0 Å². The zero-order chi connectivity index (χ0) is 19.3. The molecular formula is C19H28N4O3. The minimum atomic E-state index is -0.510. The molecule has 26 heavy (non-hydrogen) atoms. The van der Waals surface area contributed by atoms with Gasteiger partial charge >= 0.3 is 6.09 Å². The van der Waals surface area contributed by atoms with Crippen molar-refractivity contribution in [3.8, 4) is 16.9 Å². The second kappa shape index (κ2) is 8.12. The molecule has 1 heterocycles. The minimum absolute atomic E-state index is 0.0909. The van der Waals surface area contributed by atoms with Crippen molar-refractivity contribution in [2.75, 3.05) is 12.3 Å². The molecule has 7 heteroatoms. The summed E-state index contributed by atoms with van der Waals surface area (Å²) in [5, 5.41) is 7.04. The van der Waals surface area contributed by atoms with Crippen LogP contribution in [0.2, 0.25) is 0 Å². The standard InChI is InChI=1S/C19H28N4O3/c1-13(2)25-15-6-7-17(20)16(10-15)14-11-22-23(12-14)9-8-21-18(24)26-19(3,4)5/h6-7,10-13H,8-9,20H2,1-5H3,(H,21,24). The number of hydrogen-bond donors (Lipinski definition) is 2. The monoisotopic (exact) mass is 360 g/mol. The summed E-state index contributed by atoms with van der Waals surface area (Å²) in [6, 6.07) is 5.60. The number of nitrogens with one attached hydrogen (secondary N) is 1. The predicted octanol–water partition coefficient (Wildman–Crippen LogP) is 3.44. The third-order valence-electron chi connectivity index (χ3n) is 3.35. The highest BCUT2D eigenvalue weighted by Crippen LogP contribution is 2.30. The number of carbonyl (C=O) groups excluding carboxylic acids is 1. The van der Waals surface area contributed by atoms with Gasteiger partial charge in [0.25, 0.3) is 0 Å². The molecule has 0 aliphatic rings. The molecule has 0 saturated carbocycles. The summed E-state index contributed by atoms with van der Waals surface area (Å²) >= 11 is 0. The van der Waals surface area contributed by atoms with Crippen LogP contribution in [0.25, 0.3) is 11.1 Å². The highest BCUT2D eigenvalue weighted by atomic mass is 16.6. The first kappa shape index (κ1) is 19.6. The number of nitrogens with zero attached hydrogens (tertiary/aromatic N) is 2. The minimum Gasteiger partial charge on any atom is -0.491 e. The molecule has 1 aromatic carbocycles. The Balaban J connectivity index is 1.98. The number of aromatic nitrogens is 2. The summed E-state index contributed by atoms with van der Waals surface area (Å²) in [4.78, 5) is 11.7. The van der Waals surface area contributed by atoms with Crippen LogP contribution >= 0.6 is 0 Å². The van der Waals surface area contributed by atoms with E-state index in [1.165, 1.54) is 0 Å². The third-order valence-corrected chi connectivity index (χ3v) is 3.35. The summed E-state index contributed by atoms with van der Waals surface area (Å²) < 4.78 is 12.7. The van der Waals surface area contributed by atoms with Gasteiger partial charge in [0.1, 0.15) is 11.4 Å². The van der Waals surface area contributed by atoms with Gasteiger partial charge < -0.3 is 20.5 Å². The summed E-state index contributed by atoms with van der Waals surface area (Å²) in [5.74, 6) is 0.767. The molecule has 0 bridgehead atoms. The van der Waals surface area contributed by atoms with Crippen LogP contribution in [0.3, 0.4) is 0 Å². The second-order valence-corrected chi connectivity index (χ2v) is 7.34. The molecule has 3 N–H and O–H groups in total. The summed E-state index contributed by atoms with van der Waals surface area (Å²) in [6.45, 7) is 10.4.